The second-order valence-electron chi connectivity index (χ2n) is 4.59. The number of nitrogens with two attached hydrogens (primary N) is 1. The van der Waals surface area contributed by atoms with Crippen molar-refractivity contribution in [2.75, 3.05) is 18.0 Å². The smallest absolute Gasteiger partial charge is 0.205 e. The second kappa shape index (κ2) is 3.52. The number of aromatic nitrogens is 2. The van der Waals surface area contributed by atoms with Gasteiger partial charge in [-0.15, -0.1) is 0 Å². The number of imidazole rings is 1. The third kappa shape index (κ3) is 1.53. The van der Waals surface area contributed by atoms with E-state index < -0.39 is 0 Å². The maximum atomic E-state index is 5.79. The van der Waals surface area contributed by atoms with Crippen LogP contribution in [0.25, 0.3) is 0 Å². The topological polar surface area (TPSA) is 47.1 Å². The van der Waals surface area contributed by atoms with Crippen LogP contribution in [0.3, 0.4) is 0 Å². The van der Waals surface area contributed by atoms with Gasteiger partial charge in [-0.1, -0.05) is 0 Å². The molecule has 1 unspecified atom stereocenters. The van der Waals surface area contributed by atoms with E-state index in [1.807, 2.05) is 6.20 Å². The summed E-state index contributed by atoms with van der Waals surface area (Å²) in [6, 6.07) is 1.21. The van der Waals surface area contributed by atoms with Gasteiger partial charge in [0.25, 0.3) is 0 Å². The van der Waals surface area contributed by atoms with E-state index in [1.54, 1.807) is 0 Å². The second-order valence-corrected chi connectivity index (χ2v) is 4.59. The van der Waals surface area contributed by atoms with Crippen LogP contribution in [0.2, 0.25) is 0 Å². The van der Waals surface area contributed by atoms with Crippen molar-refractivity contribution in [3.63, 3.8) is 0 Å². The van der Waals surface area contributed by atoms with Crippen LogP contribution in [0.15, 0.2) is 12.4 Å². The maximum absolute atomic E-state index is 5.79. The van der Waals surface area contributed by atoms with Crippen LogP contribution in [0, 0.1) is 0 Å². The molecule has 15 heavy (non-hydrogen) atoms. The highest BCUT2D eigenvalue weighted by atomic mass is 15.3. The lowest BCUT2D eigenvalue weighted by molar-refractivity contribution is 0.634. The van der Waals surface area contributed by atoms with Crippen LogP contribution in [-0.2, 0) is 0 Å². The first-order valence-corrected chi connectivity index (χ1v) is 5.89. The molecule has 0 amide bonds. The average Bonchev–Trinajstić information content (AvgIpc) is 2.83. The fourth-order valence-electron chi connectivity index (χ4n) is 2.51. The van der Waals surface area contributed by atoms with Gasteiger partial charge < -0.3 is 15.2 Å². The SMILES string of the molecule is NCC1CCCN1c1nccn1C1CC1. The molecule has 2 aliphatic rings. The monoisotopic (exact) mass is 206 g/mol. The molecular weight excluding hydrogens is 188 g/mol. The summed E-state index contributed by atoms with van der Waals surface area (Å²) in [5.74, 6) is 1.14. The van der Waals surface area contributed by atoms with E-state index >= 15 is 0 Å². The lowest BCUT2D eigenvalue weighted by atomic mass is 10.2. The van der Waals surface area contributed by atoms with Crippen LogP contribution < -0.4 is 10.6 Å². The highest BCUT2D eigenvalue weighted by molar-refractivity contribution is 5.36. The van der Waals surface area contributed by atoms with E-state index in [4.69, 9.17) is 5.73 Å². The zero-order valence-corrected chi connectivity index (χ0v) is 8.97. The Morgan fingerprint density at radius 3 is 3.00 bits per heavy atom. The van der Waals surface area contributed by atoms with Gasteiger partial charge in [-0.05, 0) is 25.7 Å². The minimum Gasteiger partial charge on any atom is -0.338 e. The van der Waals surface area contributed by atoms with Gasteiger partial charge in [-0.2, -0.15) is 0 Å². The van der Waals surface area contributed by atoms with Crippen molar-refractivity contribution in [1.82, 2.24) is 9.55 Å². The summed E-state index contributed by atoms with van der Waals surface area (Å²) in [4.78, 5) is 6.88. The summed E-state index contributed by atoms with van der Waals surface area (Å²) in [7, 11) is 0. The summed E-state index contributed by atoms with van der Waals surface area (Å²) in [6.45, 7) is 1.86. The maximum Gasteiger partial charge on any atom is 0.205 e. The fourth-order valence-corrected chi connectivity index (χ4v) is 2.51. The largest absolute Gasteiger partial charge is 0.338 e. The normalized spacial score (nSPS) is 26.2. The van der Waals surface area contributed by atoms with E-state index in [2.05, 4.69) is 20.6 Å². The molecule has 0 spiro atoms. The van der Waals surface area contributed by atoms with Crippen molar-refractivity contribution in [2.45, 2.75) is 37.8 Å². The molecule has 1 atom stereocenters. The minimum atomic E-state index is 0.505. The van der Waals surface area contributed by atoms with Gasteiger partial charge in [-0.3, -0.25) is 0 Å². The highest BCUT2D eigenvalue weighted by Gasteiger charge is 2.31. The molecule has 0 bridgehead atoms. The molecule has 2 fully saturated rings. The van der Waals surface area contributed by atoms with E-state index in [9.17, 15) is 0 Å². The first kappa shape index (κ1) is 9.21. The Morgan fingerprint density at radius 2 is 2.27 bits per heavy atom. The molecule has 1 aliphatic heterocycles. The van der Waals surface area contributed by atoms with Gasteiger partial charge >= 0.3 is 0 Å². The van der Waals surface area contributed by atoms with Crippen LogP contribution in [0.1, 0.15) is 31.7 Å². The third-order valence-corrected chi connectivity index (χ3v) is 3.49. The summed E-state index contributed by atoms with van der Waals surface area (Å²) in [5.41, 5.74) is 5.79. The van der Waals surface area contributed by atoms with Crippen molar-refractivity contribution in [3.8, 4) is 0 Å². The number of anilines is 1. The molecule has 2 heterocycles. The van der Waals surface area contributed by atoms with Crippen LogP contribution in [-0.4, -0.2) is 28.7 Å². The molecule has 1 aliphatic carbocycles. The number of nitrogens with zero attached hydrogens (tertiary/aromatic N) is 3. The predicted octanol–water partition coefficient (Wildman–Crippen LogP) is 1.15. The van der Waals surface area contributed by atoms with Gasteiger partial charge in [0.1, 0.15) is 0 Å². The molecule has 1 aromatic rings. The van der Waals surface area contributed by atoms with E-state index in [-0.39, 0.29) is 0 Å². The average molecular weight is 206 g/mol. The standard InChI is InChI=1S/C11H18N4/c12-8-10-2-1-6-14(10)11-13-5-7-15(11)9-3-4-9/h5,7,9-10H,1-4,6,8,12H2. The Hall–Kier alpha value is -1.03. The van der Waals surface area contributed by atoms with Crippen LogP contribution in [0.5, 0.6) is 0 Å². The molecule has 1 saturated carbocycles. The molecule has 82 valence electrons. The summed E-state index contributed by atoms with van der Waals surface area (Å²) < 4.78 is 2.33. The Balaban J connectivity index is 1.87. The molecule has 1 aromatic heterocycles. The van der Waals surface area contributed by atoms with Gasteiger partial charge in [0.15, 0.2) is 0 Å². The first-order chi connectivity index (χ1) is 7.40. The highest BCUT2D eigenvalue weighted by Crippen LogP contribution is 2.38. The zero-order chi connectivity index (χ0) is 10.3. The summed E-state index contributed by atoms with van der Waals surface area (Å²) in [5, 5.41) is 0. The number of hydrogen-bond acceptors (Lipinski definition) is 3. The van der Waals surface area contributed by atoms with E-state index in [0.29, 0.717) is 12.1 Å². The summed E-state index contributed by atoms with van der Waals surface area (Å²) in [6.07, 6.45) is 9.11. The van der Waals surface area contributed by atoms with Crippen molar-refractivity contribution >= 4 is 5.95 Å². The van der Waals surface area contributed by atoms with Gasteiger partial charge in [0, 0.05) is 37.6 Å². The van der Waals surface area contributed by atoms with Gasteiger partial charge in [0.05, 0.1) is 0 Å². The van der Waals surface area contributed by atoms with E-state index in [0.717, 1.165) is 19.0 Å². The molecule has 1 saturated heterocycles. The van der Waals surface area contributed by atoms with E-state index in [1.165, 1.54) is 25.7 Å². The van der Waals surface area contributed by atoms with Gasteiger partial charge in [-0.25, -0.2) is 4.98 Å². The predicted molar refractivity (Wildman–Crippen MR) is 59.9 cm³/mol. The Bertz CT molecular complexity index is 342. The fraction of sp³-hybridized carbons (Fsp3) is 0.727. The zero-order valence-electron chi connectivity index (χ0n) is 8.97. The Labute approximate surface area is 90.1 Å². The molecule has 0 radical (unpaired) electrons. The lowest BCUT2D eigenvalue weighted by Crippen LogP contribution is -2.37. The number of hydrogen-bond donors (Lipinski definition) is 1. The Morgan fingerprint density at radius 1 is 1.40 bits per heavy atom. The summed E-state index contributed by atoms with van der Waals surface area (Å²) >= 11 is 0. The van der Waals surface area contributed by atoms with Crippen molar-refractivity contribution in [3.05, 3.63) is 12.4 Å². The first-order valence-electron chi connectivity index (χ1n) is 5.89. The van der Waals surface area contributed by atoms with Crippen molar-refractivity contribution in [2.24, 2.45) is 5.73 Å². The molecular formula is C11H18N4. The molecule has 3 rings (SSSR count). The molecule has 2 N–H and O–H groups in total. The lowest BCUT2D eigenvalue weighted by Gasteiger charge is -2.25. The number of rotatable bonds is 3. The third-order valence-electron chi connectivity index (χ3n) is 3.49. The molecule has 4 heteroatoms. The minimum absolute atomic E-state index is 0.505. The van der Waals surface area contributed by atoms with Crippen molar-refractivity contribution in [1.29, 1.82) is 0 Å². The van der Waals surface area contributed by atoms with Gasteiger partial charge in [0.2, 0.25) is 5.95 Å². The van der Waals surface area contributed by atoms with Crippen LogP contribution in [0.4, 0.5) is 5.95 Å². The molecule has 0 aromatic carbocycles. The molecule has 4 nitrogen and oxygen atoms in total. The quantitative estimate of drug-likeness (QED) is 0.807. The Kier molecular flexibility index (Phi) is 2.16. The van der Waals surface area contributed by atoms with Crippen LogP contribution >= 0.6 is 0 Å². The van der Waals surface area contributed by atoms with Crippen molar-refractivity contribution < 1.29 is 0 Å².